The molecule has 0 aliphatic carbocycles. The van der Waals surface area contributed by atoms with Gasteiger partial charge in [0, 0.05) is 25.1 Å². The molecule has 35 heavy (non-hydrogen) atoms. The number of imidazole rings is 1. The van der Waals surface area contributed by atoms with Gasteiger partial charge in [-0.1, -0.05) is 24.3 Å². The predicted molar refractivity (Wildman–Crippen MR) is 130 cm³/mol. The third-order valence-corrected chi connectivity index (χ3v) is 6.33. The highest BCUT2D eigenvalue weighted by atomic mass is 16.5. The summed E-state index contributed by atoms with van der Waals surface area (Å²) in [6, 6.07) is 13.8. The molecule has 1 N–H and O–H groups in total. The topological polar surface area (TPSA) is 97.0 Å². The van der Waals surface area contributed by atoms with E-state index in [1.165, 1.54) is 4.90 Å². The first kappa shape index (κ1) is 22.3. The Balaban J connectivity index is 1.72. The van der Waals surface area contributed by atoms with Crippen molar-refractivity contribution >= 4 is 23.1 Å². The van der Waals surface area contributed by atoms with Crippen molar-refractivity contribution in [2.75, 3.05) is 7.11 Å². The van der Waals surface area contributed by atoms with E-state index >= 15 is 0 Å². The van der Waals surface area contributed by atoms with Crippen LogP contribution in [0.1, 0.15) is 34.1 Å². The number of aryl methyl sites for hydroxylation is 2. The number of ketones is 1. The fourth-order valence-electron chi connectivity index (χ4n) is 4.56. The number of nitrogens with zero attached hydrogens (tertiary/aromatic N) is 4. The molecule has 1 atom stereocenters. The number of hydrogen-bond acceptors (Lipinski definition) is 6. The van der Waals surface area contributed by atoms with Crippen LogP contribution in [0.5, 0.6) is 5.75 Å². The average Bonchev–Trinajstić information content (AvgIpc) is 3.34. The Kier molecular flexibility index (Phi) is 5.56. The average molecular weight is 469 g/mol. The Bertz CT molecular complexity index is 1490. The molecule has 1 aliphatic heterocycles. The van der Waals surface area contributed by atoms with Gasteiger partial charge in [-0.15, -0.1) is 0 Å². The minimum absolute atomic E-state index is 0.00342. The van der Waals surface area contributed by atoms with Gasteiger partial charge in [0.2, 0.25) is 0 Å². The summed E-state index contributed by atoms with van der Waals surface area (Å²) < 4.78 is 7.24. The summed E-state index contributed by atoms with van der Waals surface area (Å²) in [5, 5.41) is 11.5. The van der Waals surface area contributed by atoms with Crippen LogP contribution in [0.25, 0.3) is 11.4 Å². The van der Waals surface area contributed by atoms with Crippen molar-refractivity contribution in [2.45, 2.75) is 26.4 Å². The summed E-state index contributed by atoms with van der Waals surface area (Å²) in [5.74, 6) is -1.17. The zero-order valence-electron chi connectivity index (χ0n) is 19.6. The van der Waals surface area contributed by atoms with Crippen LogP contribution in [0.2, 0.25) is 0 Å². The van der Waals surface area contributed by atoms with Gasteiger partial charge in [0.15, 0.2) is 5.76 Å². The molecule has 4 heterocycles. The number of methoxy groups -OCH3 is 1. The van der Waals surface area contributed by atoms with Crippen LogP contribution in [0.3, 0.4) is 0 Å². The summed E-state index contributed by atoms with van der Waals surface area (Å²) in [6.07, 6.45) is 5.14. The molecule has 8 heteroatoms. The molecule has 0 radical (unpaired) electrons. The van der Waals surface area contributed by atoms with Crippen LogP contribution in [-0.4, -0.2) is 43.2 Å². The molecule has 1 fully saturated rings. The van der Waals surface area contributed by atoms with Gasteiger partial charge in [-0.25, -0.2) is 4.98 Å². The number of ether oxygens (including phenoxy) is 1. The molecule has 1 saturated heterocycles. The predicted octanol–water partition coefficient (Wildman–Crippen LogP) is 3.98. The van der Waals surface area contributed by atoms with E-state index < -0.39 is 17.7 Å². The Hall–Kier alpha value is -4.46. The van der Waals surface area contributed by atoms with Crippen LogP contribution >= 0.6 is 0 Å². The SMILES string of the molecule is COc1cccc(C2C(=C(O)c3nc4c(C)cccn4c3C)C(=O)C(=O)N2Cc2cccnc2)c1. The smallest absolute Gasteiger partial charge is 0.295 e. The molecule has 1 unspecified atom stereocenters. The van der Waals surface area contributed by atoms with Crippen LogP contribution in [0.4, 0.5) is 0 Å². The normalized spacial score (nSPS) is 17.3. The van der Waals surface area contributed by atoms with E-state index in [4.69, 9.17) is 4.74 Å². The van der Waals surface area contributed by atoms with Crippen molar-refractivity contribution in [1.82, 2.24) is 19.3 Å². The number of Topliss-reactive ketones (excluding diaryl/α,β-unsaturated/α-hetero) is 1. The molecule has 1 aromatic carbocycles. The molecule has 5 rings (SSSR count). The number of hydrogen-bond donors (Lipinski definition) is 1. The number of carbonyl (C=O) groups is 2. The van der Waals surface area contributed by atoms with E-state index in [2.05, 4.69) is 9.97 Å². The van der Waals surface area contributed by atoms with E-state index in [0.717, 1.165) is 11.1 Å². The Labute approximate surface area is 202 Å². The first-order valence-electron chi connectivity index (χ1n) is 11.2. The number of rotatable bonds is 5. The molecule has 0 saturated carbocycles. The van der Waals surface area contributed by atoms with Crippen molar-refractivity contribution in [3.63, 3.8) is 0 Å². The zero-order valence-corrected chi connectivity index (χ0v) is 19.6. The van der Waals surface area contributed by atoms with Gasteiger partial charge in [0.1, 0.15) is 17.1 Å². The summed E-state index contributed by atoms with van der Waals surface area (Å²) in [7, 11) is 1.55. The number of pyridine rings is 2. The second-order valence-electron chi connectivity index (χ2n) is 8.50. The summed E-state index contributed by atoms with van der Waals surface area (Å²) in [5.41, 5.74) is 3.95. The number of aliphatic hydroxyl groups excluding tert-OH is 1. The Morgan fingerprint density at radius 3 is 2.66 bits per heavy atom. The standard InChI is InChI=1S/C27H24N4O4/c1-16-7-6-12-30-17(2)22(29-26(16)30)24(32)21-23(19-9-4-10-20(13-19)35-3)31(27(34)25(21)33)15-18-8-5-11-28-14-18/h4-14,23,32H,15H2,1-3H3. The molecular weight excluding hydrogens is 444 g/mol. The molecule has 176 valence electrons. The van der Waals surface area contributed by atoms with Gasteiger partial charge in [-0.2, -0.15) is 0 Å². The highest BCUT2D eigenvalue weighted by molar-refractivity contribution is 6.46. The molecule has 0 spiro atoms. The number of benzene rings is 1. The summed E-state index contributed by atoms with van der Waals surface area (Å²) in [4.78, 5) is 36.8. The largest absolute Gasteiger partial charge is 0.505 e. The number of aromatic nitrogens is 3. The maximum Gasteiger partial charge on any atom is 0.295 e. The summed E-state index contributed by atoms with van der Waals surface area (Å²) in [6.45, 7) is 3.90. The van der Waals surface area contributed by atoms with Gasteiger partial charge < -0.3 is 19.1 Å². The number of fused-ring (bicyclic) bond motifs is 1. The first-order chi connectivity index (χ1) is 16.9. The number of aliphatic hydroxyl groups is 1. The Morgan fingerprint density at radius 1 is 1.11 bits per heavy atom. The quantitative estimate of drug-likeness (QED) is 0.270. The van der Waals surface area contributed by atoms with Crippen molar-refractivity contribution in [3.05, 3.63) is 101 Å². The van der Waals surface area contributed by atoms with Gasteiger partial charge in [-0.05, 0) is 54.8 Å². The Morgan fingerprint density at radius 2 is 1.94 bits per heavy atom. The third kappa shape index (κ3) is 3.73. The van der Waals surface area contributed by atoms with Crippen molar-refractivity contribution < 1.29 is 19.4 Å². The lowest BCUT2D eigenvalue weighted by molar-refractivity contribution is -0.140. The lowest BCUT2D eigenvalue weighted by atomic mass is 9.96. The number of carbonyl (C=O) groups excluding carboxylic acids is 2. The summed E-state index contributed by atoms with van der Waals surface area (Å²) >= 11 is 0. The van der Waals surface area contributed by atoms with Crippen LogP contribution in [0.15, 0.2) is 72.7 Å². The maximum atomic E-state index is 13.4. The minimum Gasteiger partial charge on any atom is -0.505 e. The van der Waals surface area contributed by atoms with E-state index in [0.29, 0.717) is 22.7 Å². The van der Waals surface area contributed by atoms with Gasteiger partial charge in [-0.3, -0.25) is 14.6 Å². The van der Waals surface area contributed by atoms with E-state index in [9.17, 15) is 14.7 Å². The molecule has 4 aromatic rings. The van der Waals surface area contributed by atoms with E-state index in [-0.39, 0.29) is 23.6 Å². The monoisotopic (exact) mass is 468 g/mol. The molecular formula is C27H24N4O4. The second kappa shape index (κ2) is 8.72. The van der Waals surface area contributed by atoms with Crippen LogP contribution in [0, 0.1) is 13.8 Å². The lowest BCUT2D eigenvalue weighted by Gasteiger charge is -2.25. The molecule has 0 bridgehead atoms. The molecule has 3 aromatic heterocycles. The highest BCUT2D eigenvalue weighted by Crippen LogP contribution is 2.41. The fourth-order valence-corrected chi connectivity index (χ4v) is 4.56. The van der Waals surface area contributed by atoms with Crippen molar-refractivity contribution in [2.24, 2.45) is 0 Å². The van der Waals surface area contributed by atoms with Gasteiger partial charge in [0.25, 0.3) is 11.7 Å². The number of likely N-dealkylation sites (tertiary alicyclic amines) is 1. The maximum absolute atomic E-state index is 13.4. The highest BCUT2D eigenvalue weighted by Gasteiger charge is 2.46. The zero-order chi connectivity index (χ0) is 24.7. The van der Waals surface area contributed by atoms with Gasteiger partial charge in [0.05, 0.1) is 24.4 Å². The van der Waals surface area contributed by atoms with Crippen LogP contribution < -0.4 is 4.74 Å². The van der Waals surface area contributed by atoms with Gasteiger partial charge >= 0.3 is 0 Å². The fraction of sp³-hybridized carbons (Fsp3) is 0.185. The van der Waals surface area contributed by atoms with Crippen molar-refractivity contribution in [1.29, 1.82) is 0 Å². The minimum atomic E-state index is -0.824. The van der Waals surface area contributed by atoms with E-state index in [1.54, 1.807) is 43.8 Å². The molecule has 1 amide bonds. The molecule has 1 aliphatic rings. The van der Waals surface area contributed by atoms with Crippen molar-refractivity contribution in [3.8, 4) is 5.75 Å². The lowest BCUT2D eigenvalue weighted by Crippen LogP contribution is -2.29. The molecule has 8 nitrogen and oxygen atoms in total. The first-order valence-corrected chi connectivity index (χ1v) is 11.2. The third-order valence-electron chi connectivity index (χ3n) is 6.33. The second-order valence-corrected chi connectivity index (χ2v) is 8.50. The number of amides is 1. The van der Waals surface area contributed by atoms with Crippen LogP contribution in [-0.2, 0) is 16.1 Å². The van der Waals surface area contributed by atoms with E-state index in [1.807, 2.05) is 48.7 Å².